The Balaban J connectivity index is 2.81. The molecule has 0 aliphatic heterocycles. The second-order valence-electron chi connectivity index (χ2n) is 1.87. The molecule has 0 heterocycles. The van der Waals surface area contributed by atoms with Gasteiger partial charge in [0.25, 0.3) is 0 Å². The van der Waals surface area contributed by atoms with E-state index < -0.39 is 0 Å². The Hall–Kier alpha value is -0.340. The third-order valence-corrected chi connectivity index (χ3v) is 0.520. The lowest BCUT2D eigenvalue weighted by molar-refractivity contribution is 0.0440. The number of hydroxylamine groups is 1. The average Bonchev–Trinajstić information content (AvgIpc) is 1.66. The molecule has 0 unspecified atom stereocenters. The standard InChI is InChI=1S/C6H13NO/c1-4-5-8-7-6(2)3/h4,6-7H,1,5H2,2-3H3. The summed E-state index contributed by atoms with van der Waals surface area (Å²) in [6, 6.07) is 0.384. The van der Waals surface area contributed by atoms with E-state index in [0.717, 1.165) is 0 Å². The van der Waals surface area contributed by atoms with Crippen molar-refractivity contribution in [2.45, 2.75) is 19.9 Å². The Bertz CT molecular complexity index is 61.5. The maximum Gasteiger partial charge on any atom is 0.0861 e. The third kappa shape index (κ3) is 5.66. The summed E-state index contributed by atoms with van der Waals surface area (Å²) in [5, 5.41) is 0. The largest absolute Gasteiger partial charge is 0.297 e. The molecule has 0 aromatic carbocycles. The van der Waals surface area contributed by atoms with E-state index in [1.54, 1.807) is 6.08 Å². The molecule has 0 radical (unpaired) electrons. The van der Waals surface area contributed by atoms with Gasteiger partial charge < -0.3 is 0 Å². The molecule has 8 heavy (non-hydrogen) atoms. The highest BCUT2D eigenvalue weighted by molar-refractivity contribution is 4.63. The van der Waals surface area contributed by atoms with Crippen LogP contribution in [0.15, 0.2) is 12.7 Å². The van der Waals surface area contributed by atoms with E-state index in [2.05, 4.69) is 12.1 Å². The zero-order valence-corrected chi connectivity index (χ0v) is 5.48. The van der Waals surface area contributed by atoms with E-state index in [9.17, 15) is 0 Å². The first-order valence-corrected chi connectivity index (χ1v) is 2.75. The molecule has 0 aromatic rings. The van der Waals surface area contributed by atoms with Crippen LogP contribution >= 0.6 is 0 Å². The molecule has 0 rings (SSSR count). The summed E-state index contributed by atoms with van der Waals surface area (Å²) in [7, 11) is 0. The van der Waals surface area contributed by atoms with E-state index in [1.165, 1.54) is 0 Å². The number of rotatable bonds is 4. The highest BCUT2D eigenvalue weighted by Crippen LogP contribution is 1.75. The predicted octanol–water partition coefficient (Wildman–Crippen LogP) is 1.10. The third-order valence-electron chi connectivity index (χ3n) is 0.520. The summed E-state index contributed by atoms with van der Waals surface area (Å²) in [4.78, 5) is 4.88. The summed E-state index contributed by atoms with van der Waals surface area (Å²) in [6.07, 6.45) is 1.70. The van der Waals surface area contributed by atoms with Gasteiger partial charge in [0.1, 0.15) is 0 Å². The minimum atomic E-state index is 0.384. The van der Waals surface area contributed by atoms with Crippen molar-refractivity contribution in [2.24, 2.45) is 0 Å². The van der Waals surface area contributed by atoms with Crippen molar-refractivity contribution in [1.82, 2.24) is 5.48 Å². The van der Waals surface area contributed by atoms with Crippen LogP contribution in [0.3, 0.4) is 0 Å². The van der Waals surface area contributed by atoms with Crippen molar-refractivity contribution in [2.75, 3.05) is 6.61 Å². The van der Waals surface area contributed by atoms with Crippen molar-refractivity contribution in [3.8, 4) is 0 Å². The summed E-state index contributed by atoms with van der Waals surface area (Å²) in [5.74, 6) is 0. The lowest BCUT2D eigenvalue weighted by Gasteiger charge is -2.04. The van der Waals surface area contributed by atoms with E-state index in [0.29, 0.717) is 12.6 Å². The topological polar surface area (TPSA) is 21.3 Å². The van der Waals surface area contributed by atoms with E-state index >= 15 is 0 Å². The fraction of sp³-hybridized carbons (Fsp3) is 0.667. The van der Waals surface area contributed by atoms with Gasteiger partial charge in [0, 0.05) is 6.04 Å². The van der Waals surface area contributed by atoms with Crippen LogP contribution in [0.4, 0.5) is 0 Å². The molecule has 0 spiro atoms. The Morgan fingerprint density at radius 3 is 2.75 bits per heavy atom. The molecule has 0 atom stereocenters. The number of nitrogens with one attached hydrogen (secondary N) is 1. The highest BCUT2D eigenvalue weighted by Gasteiger charge is 1.86. The molecule has 48 valence electrons. The van der Waals surface area contributed by atoms with Gasteiger partial charge in [-0.3, -0.25) is 4.84 Å². The van der Waals surface area contributed by atoms with Crippen LogP contribution in [0.2, 0.25) is 0 Å². The monoisotopic (exact) mass is 115 g/mol. The lowest BCUT2D eigenvalue weighted by atomic mass is 10.4. The fourth-order valence-corrected chi connectivity index (χ4v) is 0.274. The molecule has 0 amide bonds. The summed E-state index contributed by atoms with van der Waals surface area (Å²) in [5.41, 5.74) is 2.78. The normalized spacial score (nSPS) is 9.88. The van der Waals surface area contributed by atoms with Crippen molar-refractivity contribution in [1.29, 1.82) is 0 Å². The van der Waals surface area contributed by atoms with Gasteiger partial charge in [-0.25, -0.2) is 0 Å². The Labute approximate surface area is 50.5 Å². The first-order chi connectivity index (χ1) is 3.77. The van der Waals surface area contributed by atoms with Crippen molar-refractivity contribution in [3.63, 3.8) is 0 Å². The number of hydrogen-bond acceptors (Lipinski definition) is 2. The maximum atomic E-state index is 4.88. The second kappa shape index (κ2) is 4.81. The van der Waals surface area contributed by atoms with E-state index in [-0.39, 0.29) is 0 Å². The molecule has 0 aliphatic carbocycles. The molecule has 0 aromatic heterocycles. The molecule has 2 heteroatoms. The summed E-state index contributed by atoms with van der Waals surface area (Å²) in [6.45, 7) is 8.09. The Kier molecular flexibility index (Phi) is 4.61. The quantitative estimate of drug-likeness (QED) is 0.336. The van der Waals surface area contributed by atoms with Crippen LogP contribution in [0, 0.1) is 0 Å². The smallest absolute Gasteiger partial charge is 0.0861 e. The van der Waals surface area contributed by atoms with Gasteiger partial charge in [0.2, 0.25) is 0 Å². The van der Waals surface area contributed by atoms with Gasteiger partial charge in [-0.2, -0.15) is 5.48 Å². The van der Waals surface area contributed by atoms with Gasteiger partial charge in [0.15, 0.2) is 0 Å². The van der Waals surface area contributed by atoms with Gasteiger partial charge in [-0.15, -0.1) is 6.58 Å². The van der Waals surface area contributed by atoms with Crippen molar-refractivity contribution in [3.05, 3.63) is 12.7 Å². The molecule has 2 nitrogen and oxygen atoms in total. The predicted molar refractivity (Wildman–Crippen MR) is 34.4 cm³/mol. The van der Waals surface area contributed by atoms with Gasteiger partial charge >= 0.3 is 0 Å². The molecule has 0 fully saturated rings. The first-order valence-electron chi connectivity index (χ1n) is 2.75. The zero-order chi connectivity index (χ0) is 6.41. The zero-order valence-electron chi connectivity index (χ0n) is 5.48. The van der Waals surface area contributed by atoms with Gasteiger partial charge in [-0.1, -0.05) is 6.08 Å². The van der Waals surface area contributed by atoms with Crippen LogP contribution in [0.5, 0.6) is 0 Å². The molecule has 0 saturated heterocycles. The first kappa shape index (κ1) is 7.66. The summed E-state index contributed by atoms with van der Waals surface area (Å²) >= 11 is 0. The van der Waals surface area contributed by atoms with Gasteiger partial charge in [0.05, 0.1) is 6.61 Å². The van der Waals surface area contributed by atoms with Crippen molar-refractivity contribution >= 4 is 0 Å². The van der Waals surface area contributed by atoms with Crippen LogP contribution in [-0.4, -0.2) is 12.6 Å². The number of hydrogen-bond donors (Lipinski definition) is 1. The molecule has 0 saturated carbocycles. The van der Waals surface area contributed by atoms with Crippen LogP contribution in [0.1, 0.15) is 13.8 Å². The molecular weight excluding hydrogens is 102 g/mol. The minimum Gasteiger partial charge on any atom is -0.297 e. The lowest BCUT2D eigenvalue weighted by Crippen LogP contribution is -2.22. The molecule has 0 aliphatic rings. The van der Waals surface area contributed by atoms with E-state index in [4.69, 9.17) is 4.84 Å². The Morgan fingerprint density at radius 2 is 2.38 bits per heavy atom. The highest BCUT2D eigenvalue weighted by atomic mass is 16.6. The van der Waals surface area contributed by atoms with E-state index in [1.807, 2.05) is 13.8 Å². The Morgan fingerprint density at radius 1 is 1.75 bits per heavy atom. The van der Waals surface area contributed by atoms with Crippen LogP contribution in [-0.2, 0) is 4.84 Å². The average molecular weight is 115 g/mol. The maximum absolute atomic E-state index is 4.88. The van der Waals surface area contributed by atoms with Gasteiger partial charge in [-0.05, 0) is 13.8 Å². The molecular formula is C6H13NO. The van der Waals surface area contributed by atoms with Crippen LogP contribution < -0.4 is 5.48 Å². The minimum absolute atomic E-state index is 0.384. The SMILES string of the molecule is C=CCONC(C)C. The van der Waals surface area contributed by atoms with Crippen molar-refractivity contribution < 1.29 is 4.84 Å². The fourth-order valence-electron chi connectivity index (χ4n) is 0.274. The molecule has 1 N–H and O–H groups in total. The molecule has 0 bridgehead atoms. The van der Waals surface area contributed by atoms with Crippen LogP contribution in [0.25, 0.3) is 0 Å². The summed E-state index contributed by atoms with van der Waals surface area (Å²) < 4.78 is 0. The second-order valence-corrected chi connectivity index (χ2v) is 1.87.